The van der Waals surface area contributed by atoms with Gasteiger partial charge in [-0.2, -0.15) is 5.10 Å². The highest BCUT2D eigenvalue weighted by molar-refractivity contribution is 6.34. The van der Waals surface area contributed by atoms with E-state index in [0.29, 0.717) is 16.7 Å². The Hall–Kier alpha value is -2.08. The largest absolute Gasteiger partial charge is 0.370 e. The second kappa shape index (κ2) is 5.71. The summed E-state index contributed by atoms with van der Waals surface area (Å²) in [5.41, 5.74) is 0.182. The number of pyridine rings is 1. The molecule has 0 saturated carbocycles. The maximum absolute atomic E-state index is 12.1. The van der Waals surface area contributed by atoms with E-state index in [1.165, 1.54) is 0 Å². The molecule has 19 heavy (non-hydrogen) atoms. The predicted molar refractivity (Wildman–Crippen MR) is 74.6 cm³/mol. The van der Waals surface area contributed by atoms with Gasteiger partial charge in [-0.25, -0.2) is 4.98 Å². The molecule has 0 atom stereocenters. The van der Waals surface area contributed by atoms with Crippen molar-refractivity contribution in [3.63, 3.8) is 0 Å². The van der Waals surface area contributed by atoms with E-state index in [9.17, 15) is 4.79 Å². The lowest BCUT2D eigenvalue weighted by Gasteiger charge is -2.08. The second-order valence-electron chi connectivity index (χ2n) is 3.85. The standard InChI is InChI=1S/C12H14ClN5O/c1-3-14-9-5-4-8(13)11(16-9)12(19)17-10-6-7-15-18(10)2/h4-7H,3H2,1-2H3,(H,14,16)(H,17,19). The Morgan fingerprint density at radius 3 is 2.84 bits per heavy atom. The maximum atomic E-state index is 12.1. The van der Waals surface area contributed by atoms with Gasteiger partial charge in [-0.3, -0.25) is 9.48 Å². The lowest BCUT2D eigenvalue weighted by atomic mass is 10.3. The zero-order chi connectivity index (χ0) is 13.8. The van der Waals surface area contributed by atoms with Crippen LogP contribution in [0, 0.1) is 0 Å². The molecule has 1 amide bonds. The number of hydrogen-bond donors (Lipinski definition) is 2. The van der Waals surface area contributed by atoms with Crippen molar-refractivity contribution in [1.29, 1.82) is 0 Å². The summed E-state index contributed by atoms with van der Waals surface area (Å²) in [5, 5.41) is 10.0. The molecule has 2 N–H and O–H groups in total. The Bertz CT molecular complexity index is 596. The smallest absolute Gasteiger partial charge is 0.277 e. The summed E-state index contributed by atoms with van der Waals surface area (Å²) in [6.45, 7) is 2.67. The number of rotatable bonds is 4. The van der Waals surface area contributed by atoms with Crippen LogP contribution in [-0.2, 0) is 7.05 Å². The molecule has 0 unspecified atom stereocenters. The first-order chi connectivity index (χ1) is 9.11. The van der Waals surface area contributed by atoms with E-state index < -0.39 is 0 Å². The zero-order valence-electron chi connectivity index (χ0n) is 10.6. The first-order valence-corrected chi connectivity index (χ1v) is 6.19. The van der Waals surface area contributed by atoms with Crippen LogP contribution >= 0.6 is 11.6 Å². The van der Waals surface area contributed by atoms with Crippen LogP contribution in [0.1, 0.15) is 17.4 Å². The molecule has 100 valence electrons. The van der Waals surface area contributed by atoms with Gasteiger partial charge in [0.2, 0.25) is 0 Å². The van der Waals surface area contributed by atoms with Gasteiger partial charge in [0.25, 0.3) is 5.91 Å². The average Bonchev–Trinajstić information content (AvgIpc) is 2.77. The van der Waals surface area contributed by atoms with Gasteiger partial charge < -0.3 is 10.6 Å². The summed E-state index contributed by atoms with van der Waals surface area (Å²) in [6, 6.07) is 5.07. The number of carbonyl (C=O) groups excluding carboxylic acids is 1. The number of aryl methyl sites for hydroxylation is 1. The van der Waals surface area contributed by atoms with Crippen molar-refractivity contribution < 1.29 is 4.79 Å². The molecule has 0 bridgehead atoms. The van der Waals surface area contributed by atoms with Crippen LogP contribution in [0.4, 0.5) is 11.6 Å². The van der Waals surface area contributed by atoms with Crippen molar-refractivity contribution in [2.45, 2.75) is 6.92 Å². The fourth-order valence-electron chi connectivity index (χ4n) is 1.55. The van der Waals surface area contributed by atoms with E-state index in [1.807, 2.05) is 6.92 Å². The molecule has 0 aliphatic rings. The lowest BCUT2D eigenvalue weighted by molar-refractivity contribution is 0.102. The first kappa shape index (κ1) is 13.4. The number of nitrogens with zero attached hydrogens (tertiary/aromatic N) is 3. The summed E-state index contributed by atoms with van der Waals surface area (Å²) in [7, 11) is 1.74. The zero-order valence-corrected chi connectivity index (χ0v) is 11.4. The van der Waals surface area contributed by atoms with Crippen LogP contribution in [0.2, 0.25) is 5.02 Å². The highest BCUT2D eigenvalue weighted by Crippen LogP contribution is 2.18. The number of amides is 1. The summed E-state index contributed by atoms with van der Waals surface area (Å²) in [5.74, 6) is 0.826. The summed E-state index contributed by atoms with van der Waals surface area (Å²) in [4.78, 5) is 16.3. The first-order valence-electron chi connectivity index (χ1n) is 5.81. The number of aromatic nitrogens is 3. The fourth-order valence-corrected chi connectivity index (χ4v) is 1.74. The van der Waals surface area contributed by atoms with Gasteiger partial charge in [-0.1, -0.05) is 11.6 Å². The number of anilines is 2. The Labute approximate surface area is 115 Å². The van der Waals surface area contributed by atoms with Gasteiger partial charge in [0, 0.05) is 19.7 Å². The molecule has 2 heterocycles. The molecule has 6 nitrogen and oxygen atoms in total. The van der Waals surface area contributed by atoms with Gasteiger partial charge in [-0.15, -0.1) is 0 Å². The summed E-state index contributed by atoms with van der Waals surface area (Å²) >= 11 is 6.00. The molecule has 0 saturated heterocycles. The van der Waals surface area contributed by atoms with Crippen molar-refractivity contribution in [1.82, 2.24) is 14.8 Å². The topological polar surface area (TPSA) is 71.8 Å². The van der Waals surface area contributed by atoms with Crippen molar-refractivity contribution in [2.24, 2.45) is 7.05 Å². The molecule has 0 aliphatic heterocycles. The molecule has 2 aromatic heterocycles. The van der Waals surface area contributed by atoms with Gasteiger partial charge >= 0.3 is 0 Å². The third kappa shape index (κ3) is 3.03. The molecule has 0 aliphatic carbocycles. The molecular formula is C12H14ClN5O. The van der Waals surface area contributed by atoms with Crippen LogP contribution in [0.5, 0.6) is 0 Å². The normalized spacial score (nSPS) is 10.3. The van der Waals surface area contributed by atoms with Gasteiger partial charge in [0.15, 0.2) is 0 Å². The Morgan fingerprint density at radius 1 is 1.42 bits per heavy atom. The lowest BCUT2D eigenvalue weighted by Crippen LogP contribution is -2.17. The molecule has 7 heteroatoms. The van der Waals surface area contributed by atoms with Gasteiger partial charge in [-0.05, 0) is 19.1 Å². The van der Waals surface area contributed by atoms with E-state index in [4.69, 9.17) is 11.6 Å². The Morgan fingerprint density at radius 2 is 2.21 bits per heavy atom. The average molecular weight is 280 g/mol. The molecule has 0 fully saturated rings. The molecule has 0 aromatic carbocycles. The minimum absolute atomic E-state index is 0.182. The van der Waals surface area contributed by atoms with Gasteiger partial charge in [0.1, 0.15) is 17.3 Å². The van der Waals surface area contributed by atoms with E-state index in [2.05, 4.69) is 20.7 Å². The monoisotopic (exact) mass is 279 g/mol. The van der Waals surface area contributed by atoms with E-state index >= 15 is 0 Å². The number of halogens is 1. The third-order valence-corrected chi connectivity index (χ3v) is 2.79. The molecule has 2 rings (SSSR count). The fraction of sp³-hybridized carbons (Fsp3) is 0.250. The molecular weight excluding hydrogens is 266 g/mol. The van der Waals surface area contributed by atoms with Crippen LogP contribution in [0.25, 0.3) is 0 Å². The minimum atomic E-state index is -0.367. The van der Waals surface area contributed by atoms with Crippen LogP contribution < -0.4 is 10.6 Å². The van der Waals surface area contributed by atoms with Crippen molar-refractivity contribution >= 4 is 29.1 Å². The van der Waals surface area contributed by atoms with Crippen molar-refractivity contribution in [3.8, 4) is 0 Å². The number of nitrogens with one attached hydrogen (secondary N) is 2. The second-order valence-corrected chi connectivity index (χ2v) is 4.26. The minimum Gasteiger partial charge on any atom is -0.370 e. The van der Waals surface area contributed by atoms with E-state index in [-0.39, 0.29) is 11.6 Å². The number of carbonyl (C=O) groups is 1. The van der Waals surface area contributed by atoms with Crippen molar-refractivity contribution in [3.05, 3.63) is 35.1 Å². The predicted octanol–water partition coefficient (Wildman–Crippen LogP) is 2.15. The SMILES string of the molecule is CCNc1ccc(Cl)c(C(=O)Nc2ccnn2C)n1. The Balaban J connectivity index is 2.23. The third-order valence-electron chi connectivity index (χ3n) is 2.48. The maximum Gasteiger partial charge on any atom is 0.277 e. The van der Waals surface area contributed by atoms with Crippen LogP contribution in [-0.4, -0.2) is 27.2 Å². The highest BCUT2D eigenvalue weighted by Gasteiger charge is 2.14. The highest BCUT2D eigenvalue weighted by atomic mass is 35.5. The molecule has 0 spiro atoms. The quantitative estimate of drug-likeness (QED) is 0.899. The van der Waals surface area contributed by atoms with Crippen LogP contribution in [0.3, 0.4) is 0 Å². The number of hydrogen-bond acceptors (Lipinski definition) is 4. The Kier molecular flexibility index (Phi) is 4.01. The molecule has 2 aromatic rings. The molecule has 0 radical (unpaired) electrons. The summed E-state index contributed by atoms with van der Waals surface area (Å²) < 4.78 is 1.56. The van der Waals surface area contributed by atoms with Gasteiger partial charge in [0.05, 0.1) is 11.2 Å². The summed E-state index contributed by atoms with van der Waals surface area (Å²) in [6.07, 6.45) is 1.60. The van der Waals surface area contributed by atoms with Crippen molar-refractivity contribution in [2.75, 3.05) is 17.2 Å². The van der Waals surface area contributed by atoms with E-state index in [0.717, 1.165) is 6.54 Å². The van der Waals surface area contributed by atoms with Crippen LogP contribution in [0.15, 0.2) is 24.4 Å². The van der Waals surface area contributed by atoms with E-state index in [1.54, 1.807) is 36.1 Å².